The lowest BCUT2D eigenvalue weighted by molar-refractivity contribution is -0.384. The number of rotatable bonds is 6. The summed E-state index contributed by atoms with van der Waals surface area (Å²) in [6.07, 6.45) is 3.07. The molecule has 0 atom stereocenters. The fraction of sp³-hybridized carbons (Fsp3) is 0.417. The monoisotopic (exact) mass is 451 g/mol. The zero-order valence-corrected chi connectivity index (χ0v) is 18.5. The van der Waals surface area contributed by atoms with E-state index in [4.69, 9.17) is 0 Å². The van der Waals surface area contributed by atoms with Crippen molar-refractivity contribution < 1.29 is 14.5 Å². The van der Waals surface area contributed by atoms with Crippen molar-refractivity contribution in [1.82, 2.24) is 15.5 Å². The summed E-state index contributed by atoms with van der Waals surface area (Å²) in [7, 11) is 0. The zero-order chi connectivity index (χ0) is 23.3. The Labute approximate surface area is 192 Å². The Kier molecular flexibility index (Phi) is 6.76. The van der Waals surface area contributed by atoms with E-state index in [1.54, 1.807) is 12.1 Å². The summed E-state index contributed by atoms with van der Waals surface area (Å²) in [6, 6.07) is 15.9. The van der Waals surface area contributed by atoms with Gasteiger partial charge in [-0.25, -0.2) is 4.79 Å². The first-order chi connectivity index (χ1) is 16.0. The summed E-state index contributed by atoms with van der Waals surface area (Å²) >= 11 is 0. The molecule has 9 heteroatoms. The molecule has 3 amide bonds. The van der Waals surface area contributed by atoms with Gasteiger partial charge in [0.2, 0.25) is 5.91 Å². The highest BCUT2D eigenvalue weighted by Gasteiger charge is 2.45. The van der Waals surface area contributed by atoms with Crippen LogP contribution in [0.1, 0.15) is 31.2 Å². The lowest BCUT2D eigenvalue weighted by atomic mass is 9.95. The van der Waals surface area contributed by atoms with E-state index in [0.29, 0.717) is 45.6 Å². The highest BCUT2D eigenvalue weighted by Crippen LogP contribution is 2.32. The van der Waals surface area contributed by atoms with Gasteiger partial charge in [-0.1, -0.05) is 49.2 Å². The molecule has 1 aliphatic heterocycles. The van der Waals surface area contributed by atoms with Gasteiger partial charge in [0.25, 0.3) is 5.69 Å². The Morgan fingerprint density at radius 3 is 2.33 bits per heavy atom. The van der Waals surface area contributed by atoms with Crippen LogP contribution in [0.25, 0.3) is 0 Å². The molecular weight excluding hydrogens is 422 g/mol. The molecule has 4 rings (SSSR count). The molecule has 33 heavy (non-hydrogen) atoms. The van der Waals surface area contributed by atoms with Gasteiger partial charge in [0, 0.05) is 50.5 Å². The van der Waals surface area contributed by atoms with E-state index in [0.717, 1.165) is 24.1 Å². The van der Waals surface area contributed by atoms with Crippen molar-refractivity contribution in [3.05, 3.63) is 70.3 Å². The largest absolute Gasteiger partial charge is 0.368 e. The summed E-state index contributed by atoms with van der Waals surface area (Å²) in [4.78, 5) is 40.7. The highest BCUT2D eigenvalue weighted by molar-refractivity contribution is 5.91. The number of hydrogen-bond donors (Lipinski definition) is 2. The van der Waals surface area contributed by atoms with Crippen LogP contribution in [0, 0.1) is 10.1 Å². The van der Waals surface area contributed by atoms with E-state index in [2.05, 4.69) is 15.5 Å². The molecule has 0 radical (unpaired) electrons. The van der Waals surface area contributed by atoms with Crippen LogP contribution in [0.3, 0.4) is 0 Å². The first-order valence-electron chi connectivity index (χ1n) is 11.4. The maximum atomic E-state index is 13.5. The van der Waals surface area contributed by atoms with Crippen LogP contribution >= 0.6 is 0 Å². The van der Waals surface area contributed by atoms with Gasteiger partial charge < -0.3 is 20.4 Å². The molecule has 0 spiro atoms. The molecule has 1 aliphatic carbocycles. The fourth-order valence-electron chi connectivity index (χ4n) is 4.68. The molecule has 1 saturated heterocycles. The second-order valence-electron chi connectivity index (χ2n) is 8.64. The Balaban J connectivity index is 1.36. The molecule has 2 aromatic carbocycles. The number of benzene rings is 2. The number of carbonyl (C=O) groups excluding carboxylic acids is 2. The standard InChI is InChI=1S/C24H29N5O4/c30-22(28-15-13-27(14-16-28)20-9-6-10-21(17-20)29(32)33)24(11-4-5-12-24)26-23(31)25-18-19-7-2-1-3-8-19/h1-3,6-10,17H,4-5,11-16,18H2,(H2,25,26,31). The second-order valence-corrected chi connectivity index (χ2v) is 8.64. The molecule has 9 nitrogen and oxygen atoms in total. The number of nitro benzene ring substituents is 1. The van der Waals surface area contributed by atoms with Gasteiger partial charge in [-0.2, -0.15) is 0 Å². The molecule has 2 N–H and O–H groups in total. The first kappa shape index (κ1) is 22.6. The number of nitrogens with one attached hydrogen (secondary N) is 2. The average molecular weight is 452 g/mol. The van der Waals surface area contributed by atoms with E-state index in [1.165, 1.54) is 6.07 Å². The number of urea groups is 1. The number of nitrogens with zero attached hydrogens (tertiary/aromatic N) is 3. The van der Waals surface area contributed by atoms with Gasteiger partial charge in [0.15, 0.2) is 0 Å². The minimum atomic E-state index is -0.867. The van der Waals surface area contributed by atoms with Gasteiger partial charge in [-0.3, -0.25) is 14.9 Å². The third-order valence-electron chi connectivity index (χ3n) is 6.49. The van der Waals surface area contributed by atoms with Crippen molar-refractivity contribution in [3.8, 4) is 0 Å². The maximum absolute atomic E-state index is 13.5. The van der Waals surface area contributed by atoms with Crippen LogP contribution in [0.5, 0.6) is 0 Å². The van der Waals surface area contributed by atoms with Gasteiger partial charge >= 0.3 is 6.03 Å². The highest BCUT2D eigenvalue weighted by atomic mass is 16.6. The molecule has 0 unspecified atom stereocenters. The van der Waals surface area contributed by atoms with Crippen molar-refractivity contribution in [3.63, 3.8) is 0 Å². The molecule has 2 aromatic rings. The number of anilines is 1. The Morgan fingerprint density at radius 1 is 0.970 bits per heavy atom. The quantitative estimate of drug-likeness (QED) is 0.518. The van der Waals surface area contributed by atoms with Crippen molar-refractivity contribution >= 4 is 23.3 Å². The summed E-state index contributed by atoms with van der Waals surface area (Å²) in [5.41, 5.74) is 0.970. The van der Waals surface area contributed by atoms with E-state index < -0.39 is 10.5 Å². The molecule has 0 aromatic heterocycles. The van der Waals surface area contributed by atoms with Gasteiger partial charge in [0.1, 0.15) is 5.54 Å². The van der Waals surface area contributed by atoms with Crippen LogP contribution in [-0.4, -0.2) is 53.5 Å². The van der Waals surface area contributed by atoms with E-state index in [1.807, 2.05) is 41.3 Å². The SMILES string of the molecule is O=C(NCc1ccccc1)NC1(C(=O)N2CCN(c3cccc([N+](=O)[O-])c3)CC2)CCCC1. The smallest absolute Gasteiger partial charge is 0.315 e. The predicted octanol–water partition coefficient (Wildman–Crippen LogP) is 3.06. The van der Waals surface area contributed by atoms with Crippen LogP contribution in [-0.2, 0) is 11.3 Å². The molecule has 0 bridgehead atoms. The summed E-state index contributed by atoms with van der Waals surface area (Å²) in [5.74, 6) is -0.0337. The number of piperazine rings is 1. The number of non-ortho nitro benzene ring substituents is 1. The van der Waals surface area contributed by atoms with Crippen LogP contribution in [0.2, 0.25) is 0 Å². The molecule has 1 heterocycles. The molecular formula is C24H29N5O4. The number of amides is 3. The summed E-state index contributed by atoms with van der Waals surface area (Å²) in [6.45, 7) is 2.60. The number of nitro groups is 1. The molecule has 1 saturated carbocycles. The van der Waals surface area contributed by atoms with Gasteiger partial charge in [-0.15, -0.1) is 0 Å². The first-order valence-corrected chi connectivity index (χ1v) is 11.4. The Hall–Kier alpha value is -3.62. The fourth-order valence-corrected chi connectivity index (χ4v) is 4.68. The minimum Gasteiger partial charge on any atom is -0.368 e. The van der Waals surface area contributed by atoms with Gasteiger partial charge in [0.05, 0.1) is 4.92 Å². The van der Waals surface area contributed by atoms with Crippen LogP contribution in [0.4, 0.5) is 16.2 Å². The van der Waals surface area contributed by atoms with E-state index >= 15 is 0 Å². The van der Waals surface area contributed by atoms with E-state index in [-0.39, 0.29) is 17.6 Å². The van der Waals surface area contributed by atoms with Crippen molar-refractivity contribution in [2.24, 2.45) is 0 Å². The maximum Gasteiger partial charge on any atom is 0.315 e. The summed E-state index contributed by atoms with van der Waals surface area (Å²) < 4.78 is 0. The van der Waals surface area contributed by atoms with Crippen molar-refractivity contribution in [1.29, 1.82) is 0 Å². The molecule has 2 fully saturated rings. The Morgan fingerprint density at radius 2 is 1.67 bits per heavy atom. The second kappa shape index (κ2) is 9.89. The number of hydrogen-bond acceptors (Lipinski definition) is 5. The zero-order valence-electron chi connectivity index (χ0n) is 18.5. The van der Waals surface area contributed by atoms with Crippen molar-refractivity contribution in [2.45, 2.75) is 37.8 Å². The normalized spacial score (nSPS) is 17.5. The predicted molar refractivity (Wildman–Crippen MR) is 125 cm³/mol. The molecule has 174 valence electrons. The van der Waals surface area contributed by atoms with E-state index in [9.17, 15) is 19.7 Å². The van der Waals surface area contributed by atoms with Crippen LogP contribution in [0.15, 0.2) is 54.6 Å². The lowest BCUT2D eigenvalue weighted by Gasteiger charge is -2.40. The minimum absolute atomic E-state index is 0.0337. The number of carbonyl (C=O) groups is 2. The Bertz CT molecular complexity index is 999. The van der Waals surface area contributed by atoms with Crippen molar-refractivity contribution in [2.75, 3.05) is 31.1 Å². The van der Waals surface area contributed by atoms with Gasteiger partial charge in [-0.05, 0) is 24.5 Å². The third kappa shape index (κ3) is 5.24. The topological polar surface area (TPSA) is 108 Å². The van der Waals surface area contributed by atoms with Crippen LogP contribution < -0.4 is 15.5 Å². The average Bonchev–Trinajstić information content (AvgIpc) is 3.32. The molecule has 2 aliphatic rings. The third-order valence-corrected chi connectivity index (χ3v) is 6.49. The summed E-state index contributed by atoms with van der Waals surface area (Å²) in [5, 5.41) is 16.9. The lowest BCUT2D eigenvalue weighted by Crippen LogP contribution is -2.62.